The molecule has 0 amide bonds. The number of nitrogens with zero attached hydrogens (tertiary/aromatic N) is 1. The highest BCUT2D eigenvalue weighted by molar-refractivity contribution is 8.33. The molecule has 5 aromatic carbocycles. The third kappa shape index (κ3) is 3.10. The molecule has 0 radical (unpaired) electrons. The highest BCUT2D eigenvalue weighted by Gasteiger charge is 2.31. The number of hydrogen-bond acceptors (Lipinski definition) is 0. The summed E-state index contributed by atoms with van der Waals surface area (Å²) >= 11 is 0. The quantitative estimate of drug-likeness (QED) is 0.224. The summed E-state index contributed by atoms with van der Waals surface area (Å²) < 4.78 is 2.38. The molecule has 0 N–H and O–H groups in total. The minimum Gasteiger partial charge on any atom is -0.343 e. The normalized spacial score (nSPS) is 14.4. The van der Waals surface area contributed by atoms with E-state index < -0.39 is 10.0 Å². The number of para-hydroxylation sites is 1. The van der Waals surface area contributed by atoms with Crippen LogP contribution in [0.15, 0.2) is 107 Å². The lowest BCUT2D eigenvalue weighted by Gasteiger charge is -2.28. The molecule has 1 aliphatic rings. The number of hydrogen-bond donors (Lipinski definition) is 0. The van der Waals surface area contributed by atoms with Crippen molar-refractivity contribution in [1.82, 2.24) is 4.57 Å². The maximum atomic E-state index is 2.47. The van der Waals surface area contributed by atoms with Gasteiger partial charge in [0.05, 0.1) is 5.52 Å². The van der Waals surface area contributed by atoms with Crippen LogP contribution in [0.4, 0.5) is 0 Å². The predicted octanol–water partition coefficient (Wildman–Crippen LogP) is 9.64. The highest BCUT2D eigenvalue weighted by atomic mass is 32.3. The Kier molecular flexibility index (Phi) is 5.05. The van der Waals surface area contributed by atoms with Crippen molar-refractivity contribution in [1.29, 1.82) is 0 Å². The summed E-state index contributed by atoms with van der Waals surface area (Å²) in [4.78, 5) is 3.01. The first-order valence-electron chi connectivity index (χ1n) is 12.4. The van der Waals surface area contributed by atoms with Crippen molar-refractivity contribution in [2.24, 2.45) is 7.05 Å². The Morgan fingerprint density at radius 2 is 1.23 bits per heavy atom. The molecular weight excluding hydrogens is 442 g/mol. The summed E-state index contributed by atoms with van der Waals surface area (Å²) in [5.74, 6) is 0. The minimum atomic E-state index is -1.02. The predicted molar refractivity (Wildman–Crippen MR) is 156 cm³/mol. The maximum Gasteiger partial charge on any atom is 0.0568 e. The first-order chi connectivity index (χ1) is 17.0. The van der Waals surface area contributed by atoms with Gasteiger partial charge in [0.1, 0.15) is 0 Å². The van der Waals surface area contributed by atoms with E-state index in [0.29, 0.717) is 0 Å². The van der Waals surface area contributed by atoms with Crippen LogP contribution in [-0.2, 0) is 7.05 Å². The lowest BCUT2D eigenvalue weighted by molar-refractivity contribution is 1.02. The molecule has 0 spiro atoms. The molecule has 174 valence electrons. The van der Waals surface area contributed by atoms with Crippen molar-refractivity contribution in [3.8, 4) is 22.3 Å². The molecule has 1 nitrogen and oxygen atoms in total. The summed E-state index contributed by atoms with van der Waals surface area (Å²) in [6, 6.07) is 36.2. The molecule has 1 aromatic heterocycles. The fourth-order valence-corrected chi connectivity index (χ4v) is 8.32. The van der Waals surface area contributed by atoms with Crippen LogP contribution in [0, 0.1) is 0 Å². The van der Waals surface area contributed by atoms with E-state index in [1.165, 1.54) is 64.6 Å². The average molecular weight is 474 g/mol. The third-order valence-corrected chi connectivity index (χ3v) is 10.3. The Morgan fingerprint density at radius 1 is 0.571 bits per heavy atom. The van der Waals surface area contributed by atoms with Gasteiger partial charge in [-0.3, -0.25) is 0 Å². The Hall–Kier alpha value is -3.49. The van der Waals surface area contributed by atoms with Crippen molar-refractivity contribution in [2.75, 3.05) is 12.5 Å². The first-order valence-corrected chi connectivity index (χ1v) is 14.9. The zero-order valence-corrected chi connectivity index (χ0v) is 21.9. The van der Waals surface area contributed by atoms with Crippen LogP contribution in [0.3, 0.4) is 0 Å². The van der Waals surface area contributed by atoms with Crippen molar-refractivity contribution >= 4 is 42.6 Å². The van der Waals surface area contributed by atoms with E-state index in [1.54, 1.807) is 0 Å². The van der Waals surface area contributed by atoms with Crippen LogP contribution in [0.2, 0.25) is 0 Å². The molecule has 6 aromatic rings. The lowest BCUT2D eigenvalue weighted by atomic mass is 9.98. The van der Waals surface area contributed by atoms with Crippen molar-refractivity contribution < 1.29 is 0 Å². The molecule has 0 saturated carbocycles. The van der Waals surface area contributed by atoms with Crippen LogP contribution in [-0.4, -0.2) is 17.1 Å². The summed E-state index contributed by atoms with van der Waals surface area (Å²) in [7, 11) is 1.19. The van der Waals surface area contributed by atoms with Gasteiger partial charge in [-0.1, -0.05) is 86.6 Å². The average Bonchev–Trinajstić information content (AvgIpc) is 3.31. The molecule has 7 rings (SSSR count). The summed E-state index contributed by atoms with van der Waals surface area (Å²) in [6.07, 6.45) is 4.87. The van der Waals surface area contributed by atoms with E-state index >= 15 is 0 Å². The van der Waals surface area contributed by atoms with Crippen molar-refractivity contribution in [2.45, 2.75) is 23.6 Å². The van der Waals surface area contributed by atoms with E-state index in [-0.39, 0.29) is 0 Å². The molecule has 0 saturated heterocycles. The highest BCUT2D eigenvalue weighted by Crippen LogP contribution is 2.67. The van der Waals surface area contributed by atoms with Gasteiger partial charge in [-0.2, -0.15) is 10.0 Å². The monoisotopic (exact) mass is 473 g/mol. The second kappa shape index (κ2) is 8.03. The van der Waals surface area contributed by atoms with Gasteiger partial charge in [0.25, 0.3) is 0 Å². The summed E-state index contributed by atoms with van der Waals surface area (Å²) in [5.41, 5.74) is 8.03. The molecule has 2 heteroatoms. The number of fused-ring (bicyclic) bond motifs is 7. The second-order valence-electron chi connectivity index (χ2n) is 9.51. The fraction of sp³-hybridized carbons (Fsp3) is 0.152. The molecule has 0 aliphatic carbocycles. The van der Waals surface area contributed by atoms with Gasteiger partial charge in [0, 0.05) is 38.7 Å². The van der Waals surface area contributed by atoms with Gasteiger partial charge in [-0.05, 0) is 64.2 Å². The van der Waals surface area contributed by atoms with Crippen molar-refractivity contribution in [3.63, 3.8) is 0 Å². The molecular formula is C33H31NS. The van der Waals surface area contributed by atoms with E-state index in [9.17, 15) is 0 Å². The van der Waals surface area contributed by atoms with Crippen LogP contribution in [0.1, 0.15) is 13.8 Å². The van der Waals surface area contributed by atoms with Crippen LogP contribution in [0.25, 0.3) is 54.8 Å². The zero-order valence-electron chi connectivity index (χ0n) is 21.1. The molecule has 0 fully saturated rings. The number of rotatable bonds is 1. The maximum absolute atomic E-state index is 2.47. The van der Waals surface area contributed by atoms with E-state index in [0.717, 1.165) is 0 Å². The van der Waals surface area contributed by atoms with Crippen LogP contribution >= 0.6 is 10.0 Å². The van der Waals surface area contributed by atoms with Crippen LogP contribution in [0.5, 0.6) is 0 Å². The number of aryl methyl sites for hydroxylation is 1. The summed E-state index contributed by atoms with van der Waals surface area (Å²) in [6.45, 7) is 4.00. The Labute approximate surface area is 209 Å². The molecule has 2 heterocycles. The van der Waals surface area contributed by atoms with Gasteiger partial charge in [0.2, 0.25) is 0 Å². The standard InChI is InChI=1S/C31H25NS.C2H6/c1-32-28-18-21-10-5-4-9-20(21)17-27(28)26-13-8-12-23(31(26)32)22-15-16-25-24-11-6-7-14-29(24)33(2,3)30(25)19-22;1-2/h4-19H,1-3H3;1-2H3. The van der Waals surface area contributed by atoms with Gasteiger partial charge >= 0.3 is 0 Å². The van der Waals surface area contributed by atoms with E-state index in [4.69, 9.17) is 0 Å². The number of aromatic nitrogens is 1. The Balaban J connectivity index is 0.00000112. The first kappa shape index (κ1) is 22.0. The van der Waals surface area contributed by atoms with Gasteiger partial charge in [-0.25, -0.2) is 0 Å². The third-order valence-electron chi connectivity index (χ3n) is 7.46. The number of benzene rings is 5. The van der Waals surface area contributed by atoms with Gasteiger partial charge in [0.15, 0.2) is 0 Å². The topological polar surface area (TPSA) is 4.93 Å². The largest absolute Gasteiger partial charge is 0.343 e. The lowest BCUT2D eigenvalue weighted by Crippen LogP contribution is -1.94. The molecule has 0 atom stereocenters. The van der Waals surface area contributed by atoms with Crippen molar-refractivity contribution in [3.05, 3.63) is 97.1 Å². The van der Waals surface area contributed by atoms with Crippen LogP contribution < -0.4 is 0 Å². The molecule has 0 unspecified atom stereocenters. The molecule has 0 bridgehead atoms. The minimum absolute atomic E-state index is 1.02. The Morgan fingerprint density at radius 3 is 2.03 bits per heavy atom. The van der Waals surface area contributed by atoms with Gasteiger partial charge in [-0.15, -0.1) is 0 Å². The smallest absolute Gasteiger partial charge is 0.0568 e. The fourth-order valence-electron chi connectivity index (χ4n) is 5.78. The molecule has 35 heavy (non-hydrogen) atoms. The van der Waals surface area contributed by atoms with E-state index in [1.807, 2.05) is 13.8 Å². The SMILES string of the molecule is CC.Cn1c2cc3ccccc3cc2c2cccc(-c3ccc4c(c3)S(C)(C)c3ccccc3-4)c21. The van der Waals surface area contributed by atoms with Gasteiger partial charge < -0.3 is 4.57 Å². The second-order valence-corrected chi connectivity index (χ2v) is 13.0. The molecule has 1 aliphatic heterocycles. The Bertz CT molecular complexity index is 1750. The van der Waals surface area contributed by atoms with E-state index in [2.05, 4.69) is 121 Å². The zero-order chi connectivity index (χ0) is 24.3. The summed E-state index contributed by atoms with van der Waals surface area (Å²) in [5, 5.41) is 5.24.